The van der Waals surface area contributed by atoms with E-state index >= 15 is 0 Å². The van der Waals surface area contributed by atoms with Gasteiger partial charge in [0.2, 0.25) is 5.91 Å². The van der Waals surface area contributed by atoms with Crippen LogP contribution in [0.5, 0.6) is 0 Å². The summed E-state index contributed by atoms with van der Waals surface area (Å²) in [6.07, 6.45) is 5.74. The van der Waals surface area contributed by atoms with Crippen LogP contribution in [0, 0.1) is 0 Å². The number of aromatic nitrogens is 1. The smallest absolute Gasteiger partial charge is 0.253 e. The summed E-state index contributed by atoms with van der Waals surface area (Å²) in [5, 5.41) is 5.86. The van der Waals surface area contributed by atoms with E-state index in [-0.39, 0.29) is 24.0 Å². The summed E-state index contributed by atoms with van der Waals surface area (Å²) >= 11 is 1.51. The number of carbonyl (C=O) groups is 2. The Morgan fingerprint density at radius 2 is 2.00 bits per heavy atom. The van der Waals surface area contributed by atoms with Crippen LogP contribution in [0.3, 0.4) is 0 Å². The second-order valence-electron chi connectivity index (χ2n) is 6.49. The predicted molar refractivity (Wildman–Crippen MR) is 102 cm³/mol. The normalized spacial score (nSPS) is 19.8. The number of rotatable bonds is 5. The Bertz CT molecular complexity index is 768. The van der Waals surface area contributed by atoms with E-state index in [4.69, 9.17) is 4.74 Å². The standard InChI is InChI=1S/C19H23N3O3S/c1-12(23)21-17-8-3-13(18-10-20-11-26-18)9-16(17)19(24)22-14-4-6-15(25-2)7-5-14/h3,8-11,14-15H,4-7H2,1-2H3,(H,21,23)(H,22,24). The highest BCUT2D eigenvalue weighted by Gasteiger charge is 2.24. The van der Waals surface area contributed by atoms with Crippen molar-refractivity contribution in [1.82, 2.24) is 10.3 Å². The summed E-state index contributed by atoms with van der Waals surface area (Å²) in [6, 6.07) is 5.60. The number of amides is 2. The summed E-state index contributed by atoms with van der Waals surface area (Å²) in [5.41, 5.74) is 3.66. The van der Waals surface area contributed by atoms with Gasteiger partial charge in [-0.1, -0.05) is 6.07 Å². The fourth-order valence-corrected chi connectivity index (χ4v) is 3.87. The average molecular weight is 373 g/mol. The molecule has 1 aliphatic carbocycles. The van der Waals surface area contributed by atoms with Gasteiger partial charge >= 0.3 is 0 Å². The number of anilines is 1. The van der Waals surface area contributed by atoms with E-state index in [2.05, 4.69) is 15.6 Å². The highest BCUT2D eigenvalue weighted by atomic mass is 32.1. The van der Waals surface area contributed by atoms with Gasteiger partial charge < -0.3 is 15.4 Å². The number of nitrogens with zero attached hydrogens (tertiary/aromatic N) is 1. The number of nitrogens with one attached hydrogen (secondary N) is 2. The monoisotopic (exact) mass is 373 g/mol. The van der Waals surface area contributed by atoms with Gasteiger partial charge in [0.15, 0.2) is 0 Å². The molecule has 2 N–H and O–H groups in total. The third-order valence-electron chi connectivity index (χ3n) is 4.63. The quantitative estimate of drug-likeness (QED) is 0.841. The van der Waals surface area contributed by atoms with Crippen molar-refractivity contribution in [2.45, 2.75) is 44.8 Å². The zero-order chi connectivity index (χ0) is 18.5. The number of thiazole rings is 1. The van der Waals surface area contributed by atoms with E-state index in [0.717, 1.165) is 36.1 Å². The molecule has 138 valence electrons. The minimum atomic E-state index is -0.204. The molecule has 6 nitrogen and oxygen atoms in total. The molecule has 2 amide bonds. The van der Waals surface area contributed by atoms with Crippen LogP contribution >= 0.6 is 11.3 Å². The molecule has 1 aromatic carbocycles. The largest absolute Gasteiger partial charge is 0.381 e. The van der Waals surface area contributed by atoms with Gasteiger partial charge in [0.25, 0.3) is 5.91 Å². The van der Waals surface area contributed by atoms with Gasteiger partial charge in [0.1, 0.15) is 0 Å². The minimum absolute atomic E-state index is 0.131. The molecule has 1 aromatic heterocycles. The number of methoxy groups -OCH3 is 1. The van der Waals surface area contributed by atoms with Gasteiger partial charge in [-0.05, 0) is 43.4 Å². The third-order valence-corrected chi connectivity index (χ3v) is 5.46. The van der Waals surface area contributed by atoms with Crippen molar-refractivity contribution >= 4 is 28.8 Å². The zero-order valence-electron chi connectivity index (χ0n) is 15.0. The molecule has 1 heterocycles. The second-order valence-corrected chi connectivity index (χ2v) is 7.38. The average Bonchev–Trinajstić information content (AvgIpc) is 3.17. The first-order valence-electron chi connectivity index (χ1n) is 8.71. The highest BCUT2D eigenvalue weighted by molar-refractivity contribution is 7.13. The van der Waals surface area contributed by atoms with Gasteiger partial charge in [0, 0.05) is 26.3 Å². The van der Waals surface area contributed by atoms with Gasteiger partial charge in [0.05, 0.1) is 27.7 Å². The fourth-order valence-electron chi connectivity index (χ4n) is 3.25. The van der Waals surface area contributed by atoms with Crippen molar-refractivity contribution in [2.24, 2.45) is 0 Å². The van der Waals surface area contributed by atoms with Crippen molar-refractivity contribution in [1.29, 1.82) is 0 Å². The number of benzene rings is 1. The lowest BCUT2D eigenvalue weighted by Crippen LogP contribution is -2.39. The van der Waals surface area contributed by atoms with Gasteiger partial charge in [-0.3, -0.25) is 14.6 Å². The van der Waals surface area contributed by atoms with Crippen LogP contribution in [0.1, 0.15) is 43.0 Å². The molecule has 3 rings (SSSR count). The molecule has 26 heavy (non-hydrogen) atoms. The van der Waals surface area contributed by atoms with Gasteiger partial charge in [-0.25, -0.2) is 0 Å². The van der Waals surface area contributed by atoms with Crippen molar-refractivity contribution in [2.75, 3.05) is 12.4 Å². The van der Waals surface area contributed by atoms with Crippen LogP contribution in [0.2, 0.25) is 0 Å². The maximum Gasteiger partial charge on any atom is 0.253 e. The van der Waals surface area contributed by atoms with Crippen LogP contribution in [0.25, 0.3) is 10.4 Å². The molecule has 0 saturated heterocycles. The summed E-state index contributed by atoms with van der Waals surface area (Å²) in [4.78, 5) is 29.4. The summed E-state index contributed by atoms with van der Waals surface area (Å²) in [7, 11) is 1.73. The van der Waals surface area contributed by atoms with Crippen LogP contribution in [0.15, 0.2) is 29.9 Å². The molecule has 1 fully saturated rings. The van der Waals surface area contributed by atoms with E-state index in [1.807, 2.05) is 12.1 Å². The van der Waals surface area contributed by atoms with Crippen LogP contribution < -0.4 is 10.6 Å². The summed E-state index contributed by atoms with van der Waals surface area (Å²) in [6.45, 7) is 1.44. The molecule has 0 bridgehead atoms. The van der Waals surface area contributed by atoms with E-state index in [1.54, 1.807) is 24.9 Å². The Labute approximate surface area is 157 Å². The fraction of sp³-hybridized carbons (Fsp3) is 0.421. The van der Waals surface area contributed by atoms with Gasteiger partial charge in [-0.15, -0.1) is 11.3 Å². The predicted octanol–water partition coefficient (Wildman–Crippen LogP) is 3.46. The number of ether oxygens (including phenoxy) is 1. The van der Waals surface area contributed by atoms with Crippen molar-refractivity contribution < 1.29 is 14.3 Å². The van der Waals surface area contributed by atoms with Crippen LogP contribution in [0.4, 0.5) is 5.69 Å². The molecule has 7 heteroatoms. The van der Waals surface area contributed by atoms with E-state index < -0.39 is 0 Å². The number of carbonyl (C=O) groups excluding carboxylic acids is 2. The van der Waals surface area contributed by atoms with Gasteiger partial charge in [-0.2, -0.15) is 0 Å². The maximum atomic E-state index is 12.9. The Morgan fingerprint density at radius 3 is 2.62 bits per heavy atom. The lowest BCUT2D eigenvalue weighted by atomic mass is 9.92. The Kier molecular flexibility index (Phi) is 6.00. The Balaban J connectivity index is 1.80. The number of hydrogen-bond acceptors (Lipinski definition) is 5. The second kappa shape index (κ2) is 8.42. The lowest BCUT2D eigenvalue weighted by molar-refractivity contribution is -0.114. The molecular formula is C19H23N3O3S. The molecule has 0 aliphatic heterocycles. The Hall–Kier alpha value is -2.25. The van der Waals surface area contributed by atoms with Crippen LogP contribution in [-0.2, 0) is 9.53 Å². The van der Waals surface area contributed by atoms with Crippen molar-refractivity contribution in [3.63, 3.8) is 0 Å². The first-order valence-corrected chi connectivity index (χ1v) is 9.59. The number of hydrogen-bond donors (Lipinski definition) is 2. The molecule has 0 radical (unpaired) electrons. The highest BCUT2D eigenvalue weighted by Crippen LogP contribution is 2.28. The van der Waals surface area contributed by atoms with E-state index in [9.17, 15) is 9.59 Å². The van der Waals surface area contributed by atoms with Crippen molar-refractivity contribution in [3.8, 4) is 10.4 Å². The molecule has 0 unspecified atom stereocenters. The SMILES string of the molecule is COC1CCC(NC(=O)c2cc(-c3cncs3)ccc2NC(C)=O)CC1. The first-order chi connectivity index (χ1) is 12.6. The maximum absolute atomic E-state index is 12.9. The zero-order valence-corrected chi connectivity index (χ0v) is 15.8. The minimum Gasteiger partial charge on any atom is -0.381 e. The first kappa shape index (κ1) is 18.5. The molecule has 2 aromatic rings. The molecule has 1 saturated carbocycles. The molecule has 1 aliphatic rings. The topological polar surface area (TPSA) is 80.3 Å². The van der Waals surface area contributed by atoms with Crippen LogP contribution in [-0.4, -0.2) is 36.1 Å². The molecule has 0 spiro atoms. The van der Waals surface area contributed by atoms with Crippen molar-refractivity contribution in [3.05, 3.63) is 35.5 Å². The summed E-state index contributed by atoms with van der Waals surface area (Å²) < 4.78 is 5.38. The molecular weight excluding hydrogens is 350 g/mol. The summed E-state index contributed by atoms with van der Waals surface area (Å²) in [5.74, 6) is -0.369. The van der Waals surface area contributed by atoms with E-state index in [0.29, 0.717) is 11.3 Å². The third kappa shape index (κ3) is 4.47. The Morgan fingerprint density at radius 1 is 1.23 bits per heavy atom. The lowest BCUT2D eigenvalue weighted by Gasteiger charge is -2.28. The van der Waals surface area contributed by atoms with E-state index in [1.165, 1.54) is 18.3 Å². The molecule has 0 atom stereocenters.